The maximum Gasteiger partial charge on any atom is 0.270 e. The largest absolute Gasteiger partial charge is 0.352 e. The van der Waals surface area contributed by atoms with E-state index in [4.69, 9.17) is 5.73 Å². The standard InChI is InChI=1S/C14H20BrN3O3/c1-9(2)5-11(8-16)17-14(19)6-10-3-4-12(18(20)21)7-13(10)15/h3-4,7,9,11H,5-6,8,16H2,1-2H3,(H,17,19). The number of carbonyl (C=O) groups excluding carboxylic acids is 1. The highest BCUT2D eigenvalue weighted by atomic mass is 79.9. The number of nitrogens with zero attached hydrogens (tertiary/aromatic N) is 1. The van der Waals surface area contributed by atoms with Gasteiger partial charge in [-0.05, 0) is 17.9 Å². The number of nitro groups is 1. The van der Waals surface area contributed by atoms with Gasteiger partial charge in [-0.25, -0.2) is 0 Å². The Morgan fingerprint density at radius 3 is 2.62 bits per heavy atom. The van der Waals surface area contributed by atoms with Gasteiger partial charge < -0.3 is 11.1 Å². The molecule has 1 rings (SSSR count). The number of nitrogens with one attached hydrogen (secondary N) is 1. The van der Waals surface area contributed by atoms with E-state index in [-0.39, 0.29) is 24.1 Å². The van der Waals surface area contributed by atoms with Crippen LogP contribution in [0.2, 0.25) is 0 Å². The summed E-state index contributed by atoms with van der Waals surface area (Å²) in [5.41, 5.74) is 6.35. The Balaban J connectivity index is 2.68. The number of nitrogens with two attached hydrogens (primary N) is 1. The van der Waals surface area contributed by atoms with Crippen molar-refractivity contribution in [2.75, 3.05) is 6.54 Å². The molecule has 0 heterocycles. The molecule has 1 atom stereocenters. The van der Waals surface area contributed by atoms with E-state index in [1.165, 1.54) is 12.1 Å². The number of non-ortho nitro benzene ring substituents is 1. The van der Waals surface area contributed by atoms with Crippen LogP contribution in [0.5, 0.6) is 0 Å². The first-order valence-corrected chi connectivity index (χ1v) is 7.55. The Morgan fingerprint density at radius 2 is 2.14 bits per heavy atom. The number of carbonyl (C=O) groups is 1. The molecule has 0 aliphatic rings. The number of nitro benzene ring substituents is 1. The first-order valence-electron chi connectivity index (χ1n) is 6.75. The first kappa shape index (κ1) is 17.6. The molecule has 0 saturated carbocycles. The van der Waals surface area contributed by atoms with E-state index in [0.717, 1.165) is 6.42 Å². The highest BCUT2D eigenvalue weighted by Crippen LogP contribution is 2.23. The number of hydrogen-bond acceptors (Lipinski definition) is 4. The van der Waals surface area contributed by atoms with Crippen molar-refractivity contribution in [3.63, 3.8) is 0 Å². The van der Waals surface area contributed by atoms with Gasteiger partial charge in [0, 0.05) is 29.2 Å². The van der Waals surface area contributed by atoms with Crippen LogP contribution in [0.1, 0.15) is 25.8 Å². The molecule has 0 fully saturated rings. The third-order valence-corrected chi connectivity index (χ3v) is 3.74. The topological polar surface area (TPSA) is 98.3 Å². The summed E-state index contributed by atoms with van der Waals surface area (Å²) in [7, 11) is 0. The van der Waals surface area contributed by atoms with Gasteiger partial charge in [-0.15, -0.1) is 0 Å². The lowest BCUT2D eigenvalue weighted by molar-refractivity contribution is -0.384. The maximum atomic E-state index is 12.0. The Kier molecular flexibility index (Phi) is 6.77. The molecular formula is C14H20BrN3O3. The minimum atomic E-state index is -0.471. The van der Waals surface area contributed by atoms with E-state index in [9.17, 15) is 14.9 Å². The van der Waals surface area contributed by atoms with Crippen LogP contribution in [0.4, 0.5) is 5.69 Å². The molecule has 1 unspecified atom stereocenters. The fraction of sp³-hybridized carbons (Fsp3) is 0.500. The quantitative estimate of drug-likeness (QED) is 0.578. The van der Waals surface area contributed by atoms with Gasteiger partial charge in [0.15, 0.2) is 0 Å². The second-order valence-corrected chi connectivity index (χ2v) is 6.19. The van der Waals surface area contributed by atoms with Crippen molar-refractivity contribution in [1.29, 1.82) is 0 Å². The number of benzene rings is 1. The van der Waals surface area contributed by atoms with E-state index < -0.39 is 4.92 Å². The molecule has 6 nitrogen and oxygen atoms in total. The van der Waals surface area contributed by atoms with Crippen LogP contribution < -0.4 is 11.1 Å². The second-order valence-electron chi connectivity index (χ2n) is 5.34. The Labute approximate surface area is 132 Å². The van der Waals surface area contributed by atoms with Crippen molar-refractivity contribution in [3.05, 3.63) is 38.3 Å². The molecule has 0 aromatic heterocycles. The Morgan fingerprint density at radius 1 is 1.48 bits per heavy atom. The van der Waals surface area contributed by atoms with Crippen LogP contribution in [-0.4, -0.2) is 23.4 Å². The lowest BCUT2D eigenvalue weighted by atomic mass is 10.0. The molecule has 7 heteroatoms. The lowest BCUT2D eigenvalue weighted by Gasteiger charge is -2.19. The molecule has 1 aromatic carbocycles. The fourth-order valence-corrected chi connectivity index (χ4v) is 2.53. The summed E-state index contributed by atoms with van der Waals surface area (Å²) in [6.07, 6.45) is 0.983. The van der Waals surface area contributed by atoms with Crippen molar-refractivity contribution < 1.29 is 9.72 Å². The van der Waals surface area contributed by atoms with E-state index in [1.54, 1.807) is 6.07 Å². The molecule has 0 aliphatic carbocycles. The Hall–Kier alpha value is -1.47. The number of hydrogen-bond donors (Lipinski definition) is 2. The van der Waals surface area contributed by atoms with Crippen LogP contribution in [-0.2, 0) is 11.2 Å². The van der Waals surface area contributed by atoms with Crippen LogP contribution in [0, 0.1) is 16.0 Å². The van der Waals surface area contributed by atoms with E-state index >= 15 is 0 Å². The highest BCUT2D eigenvalue weighted by molar-refractivity contribution is 9.10. The molecule has 3 N–H and O–H groups in total. The van der Waals surface area contributed by atoms with Gasteiger partial charge in [0.25, 0.3) is 5.69 Å². The van der Waals surface area contributed by atoms with Crippen LogP contribution in [0.3, 0.4) is 0 Å². The Bertz CT molecular complexity index is 520. The van der Waals surface area contributed by atoms with Crippen molar-refractivity contribution in [2.24, 2.45) is 11.7 Å². The fourth-order valence-electron chi connectivity index (χ4n) is 2.03. The van der Waals surface area contributed by atoms with Gasteiger partial charge in [-0.1, -0.05) is 35.8 Å². The number of rotatable bonds is 7. The monoisotopic (exact) mass is 357 g/mol. The van der Waals surface area contributed by atoms with Gasteiger partial charge in [0.05, 0.1) is 11.3 Å². The molecule has 0 saturated heterocycles. The van der Waals surface area contributed by atoms with Crippen molar-refractivity contribution in [2.45, 2.75) is 32.7 Å². The SMILES string of the molecule is CC(C)CC(CN)NC(=O)Cc1ccc([N+](=O)[O-])cc1Br. The normalized spacial score (nSPS) is 12.2. The third-order valence-electron chi connectivity index (χ3n) is 3.00. The molecule has 1 aromatic rings. The number of halogens is 1. The molecule has 1 amide bonds. The average molecular weight is 358 g/mol. The smallest absolute Gasteiger partial charge is 0.270 e. The van der Waals surface area contributed by atoms with E-state index in [0.29, 0.717) is 22.5 Å². The van der Waals surface area contributed by atoms with E-state index in [1.807, 2.05) is 0 Å². The first-order chi connectivity index (χ1) is 9.83. The van der Waals surface area contributed by atoms with Gasteiger partial charge in [-0.2, -0.15) is 0 Å². The van der Waals surface area contributed by atoms with Crippen LogP contribution >= 0.6 is 15.9 Å². The molecule has 21 heavy (non-hydrogen) atoms. The van der Waals surface area contributed by atoms with E-state index in [2.05, 4.69) is 35.1 Å². The zero-order chi connectivity index (χ0) is 16.0. The molecular weight excluding hydrogens is 338 g/mol. The van der Waals surface area contributed by atoms with Crippen molar-refractivity contribution in [1.82, 2.24) is 5.32 Å². The van der Waals surface area contributed by atoms with Gasteiger partial charge in [0.1, 0.15) is 0 Å². The zero-order valence-corrected chi connectivity index (χ0v) is 13.7. The zero-order valence-electron chi connectivity index (χ0n) is 12.1. The number of amides is 1. The highest BCUT2D eigenvalue weighted by Gasteiger charge is 2.15. The van der Waals surface area contributed by atoms with Gasteiger partial charge in [0.2, 0.25) is 5.91 Å². The minimum absolute atomic E-state index is 0.00863. The van der Waals surface area contributed by atoms with Gasteiger partial charge in [-0.3, -0.25) is 14.9 Å². The predicted molar refractivity (Wildman–Crippen MR) is 84.9 cm³/mol. The summed E-state index contributed by atoms with van der Waals surface area (Å²) >= 11 is 3.26. The lowest BCUT2D eigenvalue weighted by Crippen LogP contribution is -2.41. The molecule has 116 valence electrons. The average Bonchev–Trinajstić information content (AvgIpc) is 2.39. The van der Waals surface area contributed by atoms with Crippen molar-refractivity contribution >= 4 is 27.5 Å². The summed E-state index contributed by atoms with van der Waals surface area (Å²) in [5.74, 6) is 0.311. The van der Waals surface area contributed by atoms with Gasteiger partial charge >= 0.3 is 0 Å². The summed E-state index contributed by atoms with van der Waals surface area (Å²) in [6.45, 7) is 4.54. The summed E-state index contributed by atoms with van der Waals surface area (Å²) in [4.78, 5) is 22.2. The van der Waals surface area contributed by atoms with Crippen LogP contribution in [0.15, 0.2) is 22.7 Å². The molecule has 0 spiro atoms. The summed E-state index contributed by atoms with van der Waals surface area (Å²) in [5, 5.41) is 13.6. The second kappa shape index (κ2) is 8.09. The third kappa shape index (κ3) is 5.81. The van der Waals surface area contributed by atoms with Crippen LogP contribution in [0.25, 0.3) is 0 Å². The molecule has 0 aliphatic heterocycles. The maximum absolute atomic E-state index is 12.0. The minimum Gasteiger partial charge on any atom is -0.352 e. The molecule has 0 bridgehead atoms. The summed E-state index contributed by atoms with van der Waals surface area (Å²) < 4.78 is 0.556. The molecule has 0 radical (unpaired) electrons. The summed E-state index contributed by atoms with van der Waals surface area (Å²) in [6, 6.07) is 4.33. The predicted octanol–water partition coefficient (Wildman–Crippen LogP) is 2.39. The van der Waals surface area contributed by atoms with Crippen molar-refractivity contribution in [3.8, 4) is 0 Å².